The van der Waals surface area contributed by atoms with E-state index in [4.69, 9.17) is 0 Å². The number of aromatic amines is 1. The zero-order valence-electron chi connectivity index (χ0n) is 18.6. The largest absolute Gasteiger partial charge is 0.321 e. The lowest BCUT2D eigenvalue weighted by molar-refractivity contribution is 0.400. The molecule has 0 fully saturated rings. The van der Waals surface area contributed by atoms with Gasteiger partial charge in [0.1, 0.15) is 15.9 Å². The van der Waals surface area contributed by atoms with E-state index in [0.717, 1.165) is 39.3 Å². The van der Waals surface area contributed by atoms with Crippen LogP contribution in [0.25, 0.3) is 21.9 Å². The number of fused-ring (bicyclic) bond motifs is 2. The number of hydrogen-bond acceptors (Lipinski definition) is 6. The molecular weight excluding hydrogens is 468 g/mol. The lowest BCUT2D eigenvalue weighted by Crippen LogP contribution is -2.32. The highest BCUT2D eigenvalue weighted by Gasteiger charge is 2.29. The Hall–Kier alpha value is -3.40. The van der Waals surface area contributed by atoms with Gasteiger partial charge in [-0.25, -0.2) is 8.42 Å². The lowest BCUT2D eigenvalue weighted by Gasteiger charge is -2.22. The molecule has 2 aromatic heterocycles. The highest BCUT2D eigenvalue weighted by atomic mass is 32.2. The molecule has 0 spiro atoms. The van der Waals surface area contributed by atoms with E-state index in [-0.39, 0.29) is 23.5 Å². The van der Waals surface area contributed by atoms with Gasteiger partial charge in [0.05, 0.1) is 17.2 Å². The van der Waals surface area contributed by atoms with Crippen molar-refractivity contribution >= 4 is 43.7 Å². The average Bonchev–Trinajstić information content (AvgIpc) is 3.32. The van der Waals surface area contributed by atoms with Crippen molar-refractivity contribution in [2.24, 2.45) is 0 Å². The summed E-state index contributed by atoms with van der Waals surface area (Å²) < 4.78 is 37.5. The van der Waals surface area contributed by atoms with E-state index < -0.39 is 10.0 Å². The number of rotatable bonds is 6. The molecule has 0 aliphatic rings. The Labute approximate surface area is 201 Å². The van der Waals surface area contributed by atoms with Crippen molar-refractivity contribution in [1.82, 2.24) is 18.0 Å². The summed E-state index contributed by atoms with van der Waals surface area (Å²) in [6, 6.07) is 20.0. The van der Waals surface area contributed by atoms with Crippen LogP contribution in [0.1, 0.15) is 22.3 Å². The summed E-state index contributed by atoms with van der Waals surface area (Å²) in [6.07, 6.45) is 0. The first-order chi connectivity index (χ1) is 16.3. The maximum absolute atomic E-state index is 13.9. The predicted molar refractivity (Wildman–Crippen MR) is 134 cm³/mol. The van der Waals surface area contributed by atoms with E-state index in [1.807, 2.05) is 56.3 Å². The van der Waals surface area contributed by atoms with Crippen LogP contribution in [-0.4, -0.2) is 26.5 Å². The highest BCUT2D eigenvalue weighted by molar-refractivity contribution is 7.89. The van der Waals surface area contributed by atoms with Crippen LogP contribution in [0.15, 0.2) is 76.4 Å². The first-order valence-corrected chi connectivity index (χ1v) is 12.9. The first kappa shape index (κ1) is 22.4. The summed E-state index contributed by atoms with van der Waals surface area (Å²) in [5.41, 5.74) is 4.60. The molecule has 0 unspecified atom stereocenters. The van der Waals surface area contributed by atoms with Crippen LogP contribution in [0.4, 0.5) is 0 Å². The quantitative estimate of drug-likeness (QED) is 0.377. The Bertz CT molecular complexity index is 1680. The van der Waals surface area contributed by atoms with Crippen molar-refractivity contribution in [3.63, 3.8) is 0 Å². The molecular formula is C25H22N4O3S2. The van der Waals surface area contributed by atoms with Crippen LogP contribution >= 0.6 is 11.7 Å². The number of aryl methyl sites for hydroxylation is 2. The zero-order valence-corrected chi connectivity index (χ0v) is 20.3. The minimum atomic E-state index is -3.99. The molecule has 0 amide bonds. The molecule has 0 radical (unpaired) electrons. The molecule has 2 heterocycles. The molecule has 9 heteroatoms. The van der Waals surface area contributed by atoms with Gasteiger partial charge in [-0.3, -0.25) is 4.79 Å². The third-order valence-corrected chi connectivity index (χ3v) is 8.41. The molecule has 0 bridgehead atoms. The molecule has 34 heavy (non-hydrogen) atoms. The van der Waals surface area contributed by atoms with Gasteiger partial charge in [0, 0.05) is 18.7 Å². The fourth-order valence-electron chi connectivity index (χ4n) is 4.02. The molecule has 172 valence electrons. The van der Waals surface area contributed by atoms with E-state index in [1.165, 1.54) is 10.4 Å². The Morgan fingerprint density at radius 3 is 2.53 bits per heavy atom. The summed E-state index contributed by atoms with van der Waals surface area (Å²) in [4.78, 5) is 16.1. The Morgan fingerprint density at radius 2 is 1.74 bits per heavy atom. The summed E-state index contributed by atoms with van der Waals surface area (Å²) in [6.45, 7) is 3.98. The molecule has 5 aromatic rings. The maximum Gasteiger partial charge on any atom is 0.252 e. The minimum Gasteiger partial charge on any atom is -0.321 e. The topological polar surface area (TPSA) is 96.0 Å². The number of nitrogens with one attached hydrogen (secondary N) is 1. The second kappa shape index (κ2) is 8.75. The molecule has 5 rings (SSSR count). The van der Waals surface area contributed by atoms with Crippen molar-refractivity contribution in [2.45, 2.75) is 31.8 Å². The molecule has 1 N–H and O–H groups in total. The van der Waals surface area contributed by atoms with Gasteiger partial charge in [0.15, 0.2) is 0 Å². The molecule has 0 saturated heterocycles. The summed E-state index contributed by atoms with van der Waals surface area (Å²) in [5.74, 6) is 0. The second-order valence-corrected chi connectivity index (χ2v) is 10.7. The van der Waals surface area contributed by atoms with Crippen LogP contribution in [0.3, 0.4) is 0 Å². The van der Waals surface area contributed by atoms with Gasteiger partial charge in [-0.15, -0.1) is 0 Å². The van der Waals surface area contributed by atoms with Crippen molar-refractivity contribution in [1.29, 1.82) is 0 Å². The van der Waals surface area contributed by atoms with Crippen LogP contribution in [0.5, 0.6) is 0 Å². The molecule has 0 aliphatic heterocycles. The summed E-state index contributed by atoms with van der Waals surface area (Å²) in [5, 5.41) is 0.862. The molecule has 0 aliphatic carbocycles. The monoisotopic (exact) mass is 490 g/mol. The van der Waals surface area contributed by atoms with Crippen molar-refractivity contribution in [3.05, 3.63) is 99.3 Å². The molecule has 7 nitrogen and oxygen atoms in total. The average molecular weight is 491 g/mol. The lowest BCUT2D eigenvalue weighted by atomic mass is 10.0. The number of benzene rings is 3. The number of pyridine rings is 1. The Morgan fingerprint density at radius 1 is 0.941 bits per heavy atom. The number of hydrogen-bond donors (Lipinski definition) is 1. The normalized spacial score (nSPS) is 12.1. The molecule has 0 saturated carbocycles. The number of H-pyrrole nitrogens is 1. The fraction of sp³-hybridized carbons (Fsp3) is 0.160. The SMILES string of the molecule is Cc1ccc2cc(CN(Cc3ccccc3)S(=O)(=O)c3cccc4nsnc34)c(=O)[nH]c2c1C. The summed E-state index contributed by atoms with van der Waals surface area (Å²) in [7, 11) is -3.99. The van der Waals surface area contributed by atoms with E-state index in [9.17, 15) is 13.2 Å². The van der Waals surface area contributed by atoms with E-state index in [1.54, 1.807) is 18.2 Å². The third-order valence-electron chi connectivity index (χ3n) is 6.04. The van der Waals surface area contributed by atoms with Crippen LogP contribution < -0.4 is 5.56 Å². The Balaban J connectivity index is 1.62. The number of sulfonamides is 1. The van der Waals surface area contributed by atoms with Gasteiger partial charge >= 0.3 is 0 Å². The third kappa shape index (κ3) is 4.02. The van der Waals surface area contributed by atoms with E-state index in [0.29, 0.717) is 16.6 Å². The smallest absolute Gasteiger partial charge is 0.252 e. The van der Waals surface area contributed by atoms with Gasteiger partial charge in [-0.05, 0) is 54.1 Å². The second-order valence-electron chi connectivity index (χ2n) is 8.24. The van der Waals surface area contributed by atoms with Crippen molar-refractivity contribution < 1.29 is 8.42 Å². The predicted octanol–water partition coefficient (Wildman–Crippen LogP) is 4.54. The molecule has 0 atom stereocenters. The zero-order chi connectivity index (χ0) is 23.9. The van der Waals surface area contributed by atoms with Gasteiger partial charge in [0.2, 0.25) is 10.0 Å². The van der Waals surface area contributed by atoms with Gasteiger partial charge in [-0.2, -0.15) is 13.1 Å². The van der Waals surface area contributed by atoms with Crippen molar-refractivity contribution in [3.8, 4) is 0 Å². The number of nitrogens with zero attached hydrogens (tertiary/aromatic N) is 3. The van der Waals surface area contributed by atoms with Crippen molar-refractivity contribution in [2.75, 3.05) is 0 Å². The van der Waals surface area contributed by atoms with Crippen LogP contribution in [0, 0.1) is 13.8 Å². The van der Waals surface area contributed by atoms with Crippen LogP contribution in [0.2, 0.25) is 0 Å². The van der Waals surface area contributed by atoms with E-state index in [2.05, 4.69) is 13.7 Å². The molecule has 3 aromatic carbocycles. The van der Waals surface area contributed by atoms with Crippen LogP contribution in [-0.2, 0) is 23.1 Å². The van der Waals surface area contributed by atoms with Gasteiger partial charge < -0.3 is 4.98 Å². The van der Waals surface area contributed by atoms with E-state index >= 15 is 0 Å². The van der Waals surface area contributed by atoms with Gasteiger partial charge in [-0.1, -0.05) is 48.5 Å². The maximum atomic E-state index is 13.9. The standard InChI is InChI=1S/C25H22N4O3S2/c1-16-11-12-19-13-20(25(30)26-23(19)17(16)2)15-29(14-18-7-4-3-5-8-18)34(31,32)22-10-6-9-21-24(22)28-33-27-21/h3-13H,14-15H2,1-2H3,(H,26,30). The minimum absolute atomic E-state index is 0.0800. The highest BCUT2D eigenvalue weighted by Crippen LogP contribution is 2.27. The summed E-state index contributed by atoms with van der Waals surface area (Å²) >= 11 is 0.971. The fourth-order valence-corrected chi connectivity index (χ4v) is 6.18. The Kier molecular flexibility index (Phi) is 5.76. The van der Waals surface area contributed by atoms with Gasteiger partial charge in [0.25, 0.3) is 5.56 Å². The number of aromatic nitrogens is 3. The first-order valence-electron chi connectivity index (χ1n) is 10.7.